The van der Waals surface area contributed by atoms with Crippen molar-refractivity contribution in [2.75, 3.05) is 0 Å². The van der Waals surface area contributed by atoms with Crippen molar-refractivity contribution < 1.29 is 9.90 Å². The third-order valence-electron chi connectivity index (χ3n) is 0.565. The van der Waals surface area contributed by atoms with Gasteiger partial charge in [-0.3, -0.25) is 0 Å². The molecule has 0 bridgehead atoms. The number of hydrogen-bond acceptors (Lipinski definition) is 2. The van der Waals surface area contributed by atoms with Crippen LogP contribution >= 0.6 is 0 Å². The fraction of sp³-hybridized carbons (Fsp3) is 0.667. The summed E-state index contributed by atoms with van der Waals surface area (Å²) in [6, 6.07) is -0.606. The van der Waals surface area contributed by atoms with Gasteiger partial charge in [0.05, 0.1) is 0 Å². The van der Waals surface area contributed by atoms with Crippen molar-refractivity contribution in [3.05, 3.63) is 0 Å². The van der Waals surface area contributed by atoms with Crippen molar-refractivity contribution in [2.45, 2.75) is 10.5 Å². The first-order valence-corrected chi connectivity index (χ1v) is 10.9. The van der Waals surface area contributed by atoms with Crippen LogP contribution in [0.3, 0.4) is 0 Å². The minimum atomic E-state index is -0.876. The van der Waals surface area contributed by atoms with Crippen LogP contribution in [-0.4, -0.2) is 52.6 Å². The van der Waals surface area contributed by atoms with Gasteiger partial charge in [0.1, 0.15) is 0 Å². The molecule has 0 aromatic heterocycles. The second-order valence-corrected chi connectivity index (χ2v) is 7.37. The van der Waals surface area contributed by atoms with Gasteiger partial charge in [0.25, 0.3) is 0 Å². The normalized spacial score (nSPS) is 13.2. The monoisotopic (exact) mass is 348 g/mol. The SMILES string of the molecule is N[C@@H](C[Te][Te])C(=O)O. The second kappa shape index (κ2) is 4.85. The Morgan fingerprint density at radius 3 is 2.62 bits per heavy atom. The molecule has 1 radical (unpaired) electrons. The molecule has 8 heavy (non-hydrogen) atoms. The van der Waals surface area contributed by atoms with Crippen LogP contribution in [0.5, 0.6) is 0 Å². The van der Waals surface area contributed by atoms with E-state index in [1.807, 2.05) is 18.4 Å². The van der Waals surface area contributed by atoms with Crippen LogP contribution in [0.15, 0.2) is 0 Å². The van der Waals surface area contributed by atoms with Gasteiger partial charge in [0.2, 0.25) is 0 Å². The van der Waals surface area contributed by atoms with Crippen molar-refractivity contribution in [2.24, 2.45) is 5.73 Å². The maximum atomic E-state index is 9.99. The summed E-state index contributed by atoms with van der Waals surface area (Å²) in [6.07, 6.45) is 0. The zero-order valence-corrected chi connectivity index (χ0v) is 8.69. The van der Waals surface area contributed by atoms with Crippen LogP contribution in [0.1, 0.15) is 0 Å². The number of rotatable bonds is 3. The average Bonchev–Trinajstić information content (AvgIpc) is 1.67. The van der Waals surface area contributed by atoms with Crippen LogP contribution in [0.4, 0.5) is 0 Å². The summed E-state index contributed by atoms with van der Waals surface area (Å²) >= 11 is 1.87. The zero-order chi connectivity index (χ0) is 6.57. The maximum absolute atomic E-state index is 9.99. The van der Waals surface area contributed by atoms with Crippen LogP contribution < -0.4 is 5.73 Å². The van der Waals surface area contributed by atoms with E-state index in [0.717, 1.165) is 0 Å². The third-order valence-corrected chi connectivity index (χ3v) is 4.58. The van der Waals surface area contributed by atoms with E-state index in [1.165, 1.54) is 0 Å². The molecule has 0 spiro atoms. The molecule has 0 fully saturated rings. The molecule has 3 nitrogen and oxygen atoms in total. The van der Waals surface area contributed by atoms with Gasteiger partial charge in [-0.25, -0.2) is 0 Å². The van der Waals surface area contributed by atoms with Crippen molar-refractivity contribution in [3.63, 3.8) is 0 Å². The molecular formula is C3H6NO2Te2. The molecule has 0 saturated heterocycles. The van der Waals surface area contributed by atoms with E-state index in [1.54, 1.807) is 0 Å². The van der Waals surface area contributed by atoms with Crippen molar-refractivity contribution >= 4 is 41.5 Å². The summed E-state index contributed by atoms with van der Waals surface area (Å²) in [4.78, 5) is 9.99. The molecule has 0 amide bonds. The van der Waals surface area contributed by atoms with E-state index in [0.29, 0.717) is 4.47 Å². The molecule has 0 aromatic rings. The van der Waals surface area contributed by atoms with Crippen LogP contribution in [-0.2, 0) is 4.79 Å². The van der Waals surface area contributed by atoms with Gasteiger partial charge in [-0.2, -0.15) is 0 Å². The van der Waals surface area contributed by atoms with E-state index in [2.05, 4.69) is 0 Å². The van der Waals surface area contributed by atoms with Crippen LogP contribution in [0.2, 0.25) is 4.47 Å². The summed E-state index contributed by atoms with van der Waals surface area (Å²) in [6.45, 7) is 0. The first-order chi connectivity index (χ1) is 3.68. The molecule has 1 atom stereocenters. The Hall–Kier alpha value is 1.01. The molecule has 0 aliphatic rings. The molecule has 3 N–H and O–H groups in total. The Morgan fingerprint density at radius 2 is 2.50 bits per heavy atom. The van der Waals surface area contributed by atoms with Crippen molar-refractivity contribution in [3.8, 4) is 0 Å². The van der Waals surface area contributed by atoms with Gasteiger partial charge in [-0.1, -0.05) is 0 Å². The molecule has 0 aliphatic heterocycles. The Balaban J connectivity index is 3.32. The van der Waals surface area contributed by atoms with E-state index in [4.69, 9.17) is 10.8 Å². The number of hydrogen-bond donors (Lipinski definition) is 2. The predicted molar refractivity (Wildman–Crippen MR) is 31.9 cm³/mol. The Labute approximate surface area is 67.2 Å². The Bertz CT molecular complexity index is 87.4. The molecule has 0 aliphatic carbocycles. The zero-order valence-electron chi connectivity index (χ0n) is 4.03. The van der Waals surface area contributed by atoms with Gasteiger partial charge < -0.3 is 0 Å². The number of aliphatic carboxylic acids is 1. The number of carboxylic acids is 1. The molecule has 0 aromatic carbocycles. The number of carboxylic acid groups (broad SMARTS) is 1. The quantitative estimate of drug-likeness (QED) is 0.620. The number of carbonyl (C=O) groups is 1. The van der Waals surface area contributed by atoms with Crippen LogP contribution in [0.25, 0.3) is 0 Å². The summed E-state index contributed by atoms with van der Waals surface area (Å²) < 4.78 is 0.699. The summed E-state index contributed by atoms with van der Waals surface area (Å²) in [5.74, 6) is -0.876. The summed E-state index contributed by atoms with van der Waals surface area (Å²) in [7, 11) is 0. The van der Waals surface area contributed by atoms with Gasteiger partial charge in [-0.15, -0.1) is 0 Å². The van der Waals surface area contributed by atoms with Gasteiger partial charge >= 0.3 is 67.6 Å². The molecule has 0 rings (SSSR count). The molecule has 0 saturated carbocycles. The molecule has 5 heteroatoms. The fourth-order valence-corrected chi connectivity index (χ4v) is 3.78. The van der Waals surface area contributed by atoms with Gasteiger partial charge in [-0.05, 0) is 0 Å². The van der Waals surface area contributed by atoms with Gasteiger partial charge in [0.15, 0.2) is 0 Å². The molecule has 47 valence electrons. The summed E-state index contributed by atoms with van der Waals surface area (Å²) in [5.41, 5.74) is 5.16. The van der Waals surface area contributed by atoms with E-state index < -0.39 is 12.0 Å². The number of nitrogens with two attached hydrogens (primary N) is 1. The average molecular weight is 343 g/mol. The first-order valence-electron chi connectivity index (χ1n) is 1.91. The fourth-order valence-electron chi connectivity index (χ4n) is 0.145. The predicted octanol–water partition coefficient (Wildman–Crippen LogP) is -1.40. The first kappa shape index (κ1) is 9.01. The standard InChI is InChI=1S/C3H6NO2Te2/c4-2(1-8-7)3(5)6/h2H,1,4H2,(H,5,6)/t2-/m0/s1. The van der Waals surface area contributed by atoms with Crippen molar-refractivity contribution in [1.82, 2.24) is 0 Å². The van der Waals surface area contributed by atoms with Crippen molar-refractivity contribution in [1.29, 1.82) is 0 Å². The van der Waals surface area contributed by atoms with E-state index in [-0.39, 0.29) is 17.1 Å². The Kier molecular flexibility index (Phi) is 5.46. The minimum absolute atomic E-state index is 0.108. The van der Waals surface area contributed by atoms with Gasteiger partial charge in [0, 0.05) is 0 Å². The molecule has 0 heterocycles. The topological polar surface area (TPSA) is 63.3 Å². The molecule has 0 unspecified atom stereocenters. The van der Waals surface area contributed by atoms with E-state index >= 15 is 0 Å². The van der Waals surface area contributed by atoms with E-state index in [9.17, 15) is 4.79 Å². The third kappa shape index (κ3) is 3.95. The summed E-state index contributed by atoms with van der Waals surface area (Å²) in [5, 5.41) is 8.21. The Morgan fingerprint density at radius 1 is 2.00 bits per heavy atom. The second-order valence-electron chi connectivity index (χ2n) is 1.23. The van der Waals surface area contributed by atoms with Crippen LogP contribution in [0, 0.1) is 0 Å². The molecular weight excluding hydrogens is 337 g/mol.